The Kier molecular flexibility index (Phi) is 5.32. The molecule has 3 nitrogen and oxygen atoms in total. The summed E-state index contributed by atoms with van der Waals surface area (Å²) >= 11 is 0. The topological polar surface area (TPSA) is 46.5 Å². The van der Waals surface area contributed by atoms with Gasteiger partial charge < -0.3 is 9.84 Å². The van der Waals surface area contributed by atoms with Crippen molar-refractivity contribution >= 4 is 5.78 Å². The molecule has 0 aromatic heterocycles. The Morgan fingerprint density at radius 3 is 2.36 bits per heavy atom. The van der Waals surface area contributed by atoms with Gasteiger partial charge in [-0.25, -0.2) is 0 Å². The van der Waals surface area contributed by atoms with E-state index in [-0.39, 0.29) is 47.6 Å². The minimum absolute atomic E-state index is 0.00656. The monoisotopic (exact) mass is 402 g/mol. The number of rotatable bonds is 2. The molecule has 1 N–H and O–H groups in total. The van der Waals surface area contributed by atoms with Gasteiger partial charge in [0.2, 0.25) is 0 Å². The average molecular weight is 402 g/mol. The molecule has 2 unspecified atom stereocenters. The molecule has 3 aliphatic rings. The Morgan fingerprint density at radius 2 is 1.79 bits per heavy atom. The number of Topliss-reactive ketones (excluding diaryl/α,β-unsaturated/α-hetero) is 1. The lowest BCUT2D eigenvalue weighted by atomic mass is 9.44. The van der Waals surface area contributed by atoms with Gasteiger partial charge >= 0.3 is 6.18 Å². The summed E-state index contributed by atoms with van der Waals surface area (Å²) in [6, 6.07) is 0. The fourth-order valence-electron chi connectivity index (χ4n) is 6.90. The van der Waals surface area contributed by atoms with Crippen LogP contribution in [0, 0.1) is 34.0 Å². The Balaban J connectivity index is 2.15. The van der Waals surface area contributed by atoms with Gasteiger partial charge in [0.15, 0.2) is 0 Å². The predicted octanol–water partition coefficient (Wildman–Crippen LogP) is 4.93. The third-order valence-corrected chi connectivity index (χ3v) is 8.76. The van der Waals surface area contributed by atoms with Crippen molar-refractivity contribution in [3.63, 3.8) is 0 Å². The maximum Gasteiger partial charge on any atom is 0.409 e. The van der Waals surface area contributed by atoms with Crippen LogP contribution >= 0.6 is 0 Å². The molecule has 2 bridgehead atoms. The zero-order valence-electron chi connectivity index (χ0n) is 17.5. The van der Waals surface area contributed by atoms with Crippen LogP contribution in [-0.4, -0.2) is 36.4 Å². The number of methoxy groups -OCH3 is 1. The third kappa shape index (κ3) is 3.06. The number of allylic oxidation sites excluding steroid dienone is 2. The molecule has 3 fully saturated rings. The average Bonchev–Trinajstić information content (AvgIpc) is 3.01. The molecular formula is C22H33F3O3. The van der Waals surface area contributed by atoms with E-state index >= 15 is 0 Å². The SMILES string of the molecule is CO[C@@H]1CCC23CC[C@@H](C)[C@](C)(C12)[C@H](O)C[C@@](C)(/C=C/C(F)(F)F)C(=O)[C@@H]3C. The van der Waals surface area contributed by atoms with E-state index in [1.807, 2.05) is 6.92 Å². The number of alkyl halides is 3. The molecule has 28 heavy (non-hydrogen) atoms. The number of ether oxygens (including phenoxy) is 1. The molecule has 3 rings (SSSR count). The first kappa shape index (κ1) is 21.8. The Hall–Kier alpha value is -0.880. The van der Waals surface area contributed by atoms with Gasteiger partial charge in [-0.3, -0.25) is 4.79 Å². The summed E-state index contributed by atoms with van der Waals surface area (Å²) in [5, 5.41) is 11.4. The lowest BCUT2D eigenvalue weighted by molar-refractivity contribution is -0.188. The number of carbonyl (C=O) groups excluding carboxylic acids is 1. The number of aliphatic hydroxyl groups is 1. The van der Waals surface area contributed by atoms with Crippen LogP contribution in [-0.2, 0) is 9.53 Å². The molecule has 0 aromatic carbocycles. The number of hydrogen-bond donors (Lipinski definition) is 1. The number of carbonyl (C=O) groups is 1. The van der Waals surface area contributed by atoms with Crippen molar-refractivity contribution in [2.24, 2.45) is 34.0 Å². The summed E-state index contributed by atoms with van der Waals surface area (Å²) < 4.78 is 44.5. The van der Waals surface area contributed by atoms with Crippen molar-refractivity contribution in [1.29, 1.82) is 0 Å². The molecule has 0 spiro atoms. The van der Waals surface area contributed by atoms with E-state index in [2.05, 4.69) is 13.8 Å². The number of aliphatic hydroxyl groups excluding tert-OH is 1. The molecule has 0 saturated heterocycles. The van der Waals surface area contributed by atoms with Crippen molar-refractivity contribution in [2.45, 2.75) is 78.2 Å². The minimum atomic E-state index is -4.48. The smallest absolute Gasteiger partial charge is 0.392 e. The highest BCUT2D eigenvalue weighted by atomic mass is 19.4. The fourth-order valence-corrected chi connectivity index (χ4v) is 6.90. The molecule has 3 aliphatic carbocycles. The van der Waals surface area contributed by atoms with E-state index in [9.17, 15) is 23.1 Å². The van der Waals surface area contributed by atoms with Gasteiger partial charge in [0, 0.05) is 29.9 Å². The summed E-state index contributed by atoms with van der Waals surface area (Å²) in [4.78, 5) is 13.5. The van der Waals surface area contributed by atoms with Crippen LogP contribution in [0.4, 0.5) is 13.2 Å². The molecule has 0 radical (unpaired) electrons. The van der Waals surface area contributed by atoms with E-state index in [0.29, 0.717) is 0 Å². The van der Waals surface area contributed by atoms with Crippen molar-refractivity contribution in [2.75, 3.05) is 7.11 Å². The summed E-state index contributed by atoms with van der Waals surface area (Å²) in [5.74, 6) is -0.336. The first-order valence-corrected chi connectivity index (χ1v) is 10.3. The van der Waals surface area contributed by atoms with Crippen LogP contribution in [0.25, 0.3) is 0 Å². The van der Waals surface area contributed by atoms with Gasteiger partial charge in [0.25, 0.3) is 0 Å². The van der Waals surface area contributed by atoms with Gasteiger partial charge in [0.1, 0.15) is 5.78 Å². The molecule has 8 atom stereocenters. The highest BCUT2D eigenvalue weighted by Gasteiger charge is 2.67. The van der Waals surface area contributed by atoms with Gasteiger partial charge in [-0.15, -0.1) is 0 Å². The van der Waals surface area contributed by atoms with Crippen molar-refractivity contribution in [1.82, 2.24) is 0 Å². The van der Waals surface area contributed by atoms with Crippen LogP contribution in [0.5, 0.6) is 0 Å². The Bertz CT molecular complexity index is 660. The quantitative estimate of drug-likeness (QED) is 0.667. The maximum atomic E-state index is 13.5. The van der Waals surface area contributed by atoms with Gasteiger partial charge in [0.05, 0.1) is 12.2 Å². The van der Waals surface area contributed by atoms with Crippen LogP contribution in [0.2, 0.25) is 0 Å². The lowest BCUT2D eigenvalue weighted by Gasteiger charge is -2.61. The highest BCUT2D eigenvalue weighted by molar-refractivity contribution is 5.89. The molecule has 160 valence electrons. The van der Waals surface area contributed by atoms with Crippen LogP contribution in [0.3, 0.4) is 0 Å². The third-order valence-electron chi connectivity index (χ3n) is 8.76. The van der Waals surface area contributed by atoms with Crippen LogP contribution in [0.15, 0.2) is 12.2 Å². The highest BCUT2D eigenvalue weighted by Crippen LogP contribution is 2.68. The largest absolute Gasteiger partial charge is 0.409 e. The van der Waals surface area contributed by atoms with Crippen molar-refractivity contribution in [3.8, 4) is 0 Å². The zero-order valence-corrected chi connectivity index (χ0v) is 17.5. The van der Waals surface area contributed by atoms with Crippen LogP contribution in [0.1, 0.15) is 59.8 Å². The first-order valence-electron chi connectivity index (χ1n) is 10.3. The van der Waals surface area contributed by atoms with Gasteiger partial charge in [-0.1, -0.05) is 26.8 Å². The van der Waals surface area contributed by atoms with E-state index in [0.717, 1.165) is 31.8 Å². The minimum Gasteiger partial charge on any atom is -0.392 e. The predicted molar refractivity (Wildman–Crippen MR) is 101 cm³/mol. The lowest BCUT2D eigenvalue weighted by Crippen LogP contribution is -2.62. The molecule has 0 amide bonds. The number of halogens is 3. The standard InChI is InChI=1S/C22H33F3O3/c1-13-6-8-21-9-7-15(28-5)17(21)20(13,4)16(26)12-19(3,18(27)14(21)2)10-11-22(23,24)25/h10-11,13-17,26H,6-9,12H2,1-5H3/b11-10+/t13-,14+,15-,16-,17?,19-,20+,21?/m1/s1. The summed E-state index contributed by atoms with van der Waals surface area (Å²) in [6.07, 6.45) is -0.835. The molecule has 3 saturated carbocycles. The molecule has 0 aromatic rings. The van der Waals surface area contributed by atoms with Crippen molar-refractivity contribution < 1.29 is 27.8 Å². The molecule has 6 heteroatoms. The van der Waals surface area contributed by atoms with E-state index < -0.39 is 23.1 Å². The van der Waals surface area contributed by atoms with Gasteiger partial charge in [-0.05, 0) is 56.3 Å². The van der Waals surface area contributed by atoms with E-state index in [4.69, 9.17) is 4.74 Å². The normalized spacial score (nSPS) is 49.8. The van der Waals surface area contributed by atoms with E-state index in [1.165, 1.54) is 0 Å². The van der Waals surface area contributed by atoms with Crippen LogP contribution < -0.4 is 0 Å². The summed E-state index contributed by atoms with van der Waals surface area (Å²) in [6.45, 7) is 7.63. The maximum absolute atomic E-state index is 13.5. The Labute approximate surface area is 165 Å². The summed E-state index contributed by atoms with van der Waals surface area (Å²) in [7, 11) is 1.68. The second-order valence-corrected chi connectivity index (χ2v) is 9.93. The fraction of sp³-hybridized carbons (Fsp3) is 0.864. The second kappa shape index (κ2) is 6.83. The van der Waals surface area contributed by atoms with E-state index in [1.54, 1.807) is 14.0 Å². The number of ketones is 1. The van der Waals surface area contributed by atoms with Gasteiger partial charge in [-0.2, -0.15) is 13.2 Å². The number of hydrogen-bond acceptors (Lipinski definition) is 3. The Morgan fingerprint density at radius 1 is 1.18 bits per heavy atom. The van der Waals surface area contributed by atoms with Crippen molar-refractivity contribution in [3.05, 3.63) is 12.2 Å². The second-order valence-electron chi connectivity index (χ2n) is 9.93. The summed E-state index contributed by atoms with van der Waals surface area (Å²) in [5.41, 5.74) is -2.17. The first-order chi connectivity index (χ1) is 12.8. The molecular weight excluding hydrogens is 369 g/mol. The zero-order chi connectivity index (χ0) is 21.1. The molecule has 0 aliphatic heterocycles. The molecule has 0 heterocycles.